The van der Waals surface area contributed by atoms with E-state index in [1.807, 2.05) is 19.1 Å². The fourth-order valence-electron chi connectivity index (χ4n) is 8.44. The molecule has 8 atom stereocenters. The number of allylic oxidation sites excluding steroid dienone is 4. The first-order chi connectivity index (χ1) is 14.7. The van der Waals surface area contributed by atoms with Crippen molar-refractivity contribution in [2.45, 2.75) is 85.5 Å². The Labute approximate surface area is 189 Å². The fraction of sp³-hybridized carbons (Fsp3) is 0.786. The van der Waals surface area contributed by atoms with Crippen LogP contribution < -0.4 is 0 Å². The number of carbonyl (C=O) groups excluding carboxylic acids is 2. The van der Waals surface area contributed by atoms with Gasteiger partial charge in [-0.2, -0.15) is 0 Å². The molecule has 3 nitrogen and oxygen atoms in total. The van der Waals surface area contributed by atoms with Crippen molar-refractivity contribution in [1.29, 1.82) is 0 Å². The smallest absolute Gasteiger partial charge is 0.308 e. The molecule has 31 heavy (non-hydrogen) atoms. The first-order valence-corrected chi connectivity index (χ1v) is 12.7. The van der Waals surface area contributed by atoms with Crippen molar-refractivity contribution in [2.75, 3.05) is 7.11 Å². The Kier molecular flexibility index (Phi) is 6.27. The summed E-state index contributed by atoms with van der Waals surface area (Å²) in [5.74, 6) is 3.98. The van der Waals surface area contributed by atoms with Crippen LogP contribution in [-0.2, 0) is 14.3 Å². The van der Waals surface area contributed by atoms with Gasteiger partial charge in [0.2, 0.25) is 0 Å². The van der Waals surface area contributed by atoms with E-state index in [1.165, 1.54) is 51.2 Å². The molecule has 0 heterocycles. The van der Waals surface area contributed by atoms with E-state index >= 15 is 0 Å². The third-order valence-electron chi connectivity index (χ3n) is 10.2. The predicted molar refractivity (Wildman–Crippen MR) is 124 cm³/mol. The van der Waals surface area contributed by atoms with Crippen molar-refractivity contribution in [3.63, 3.8) is 0 Å². The van der Waals surface area contributed by atoms with Crippen LogP contribution in [0.15, 0.2) is 23.8 Å². The van der Waals surface area contributed by atoms with E-state index in [1.54, 1.807) is 0 Å². The third-order valence-corrected chi connectivity index (χ3v) is 10.2. The maximum absolute atomic E-state index is 12.0. The van der Waals surface area contributed by atoms with Crippen LogP contribution in [0.4, 0.5) is 0 Å². The molecule has 4 aliphatic rings. The van der Waals surface area contributed by atoms with Crippen LogP contribution in [0.1, 0.15) is 85.5 Å². The summed E-state index contributed by atoms with van der Waals surface area (Å²) < 4.78 is 4.89. The van der Waals surface area contributed by atoms with Crippen molar-refractivity contribution >= 4 is 11.8 Å². The standard InChI is InChI=1S/C28H42O3/c1-18(7-6-8-19(2)26(30)31-5)23-11-12-24-22-10-9-20-17-21(29)13-15-27(20,3)25(22)14-16-28(23,24)4/h13,15,17-19,22-25H,6-12,14,16H2,1-5H3/t18-,19+,22+,23-,24+,25+,27+,28-/m1/s1. The molecule has 0 spiro atoms. The SMILES string of the molecule is COC(=O)[C@@H](C)CCC[C@@H](C)[C@H]1CC[C@H]2[C@@H]3CCC4=CC(=O)C=C[C@]4(C)[C@H]3CC[C@]12C. The molecule has 3 saturated carbocycles. The normalized spacial score (nSPS) is 40.9. The van der Waals surface area contributed by atoms with Crippen molar-refractivity contribution in [1.82, 2.24) is 0 Å². The lowest BCUT2D eigenvalue weighted by atomic mass is 9.47. The summed E-state index contributed by atoms with van der Waals surface area (Å²) >= 11 is 0. The van der Waals surface area contributed by atoms with Crippen molar-refractivity contribution < 1.29 is 14.3 Å². The second kappa shape index (κ2) is 8.52. The number of ether oxygens (including phenoxy) is 1. The van der Waals surface area contributed by atoms with Gasteiger partial charge in [-0.3, -0.25) is 9.59 Å². The number of hydrogen-bond acceptors (Lipinski definition) is 3. The van der Waals surface area contributed by atoms with E-state index < -0.39 is 0 Å². The summed E-state index contributed by atoms with van der Waals surface area (Å²) in [6.07, 6.45) is 17.0. The maximum atomic E-state index is 12.0. The van der Waals surface area contributed by atoms with Gasteiger partial charge in [-0.05, 0) is 92.1 Å². The molecule has 0 bridgehead atoms. The second-order valence-electron chi connectivity index (χ2n) is 11.7. The highest BCUT2D eigenvalue weighted by molar-refractivity contribution is 6.01. The minimum absolute atomic E-state index is 0.0141. The van der Waals surface area contributed by atoms with Crippen LogP contribution in [0.3, 0.4) is 0 Å². The van der Waals surface area contributed by atoms with Gasteiger partial charge in [0.1, 0.15) is 0 Å². The quantitative estimate of drug-likeness (QED) is 0.454. The molecule has 0 aromatic heterocycles. The van der Waals surface area contributed by atoms with Crippen LogP contribution in [0.5, 0.6) is 0 Å². The Balaban J connectivity index is 1.42. The molecule has 0 N–H and O–H groups in total. The number of esters is 1. The molecule has 3 heteroatoms. The molecule has 0 aromatic carbocycles. The number of fused-ring (bicyclic) bond motifs is 5. The molecular weight excluding hydrogens is 384 g/mol. The number of hydrogen-bond donors (Lipinski definition) is 0. The molecule has 0 aromatic rings. The van der Waals surface area contributed by atoms with Gasteiger partial charge < -0.3 is 4.74 Å². The maximum Gasteiger partial charge on any atom is 0.308 e. The molecule has 172 valence electrons. The highest BCUT2D eigenvalue weighted by Gasteiger charge is 2.58. The summed E-state index contributed by atoms with van der Waals surface area (Å²) in [7, 11) is 1.49. The fourth-order valence-corrected chi connectivity index (χ4v) is 8.44. The number of ketones is 1. The van der Waals surface area contributed by atoms with Gasteiger partial charge in [0.15, 0.2) is 5.78 Å². The van der Waals surface area contributed by atoms with Crippen LogP contribution in [0, 0.1) is 46.3 Å². The van der Waals surface area contributed by atoms with Crippen LogP contribution >= 0.6 is 0 Å². The molecule has 0 amide bonds. The Bertz CT molecular complexity index is 779. The summed E-state index contributed by atoms with van der Waals surface area (Å²) in [5, 5.41) is 0. The van der Waals surface area contributed by atoms with Crippen LogP contribution in [0.25, 0.3) is 0 Å². The van der Waals surface area contributed by atoms with Crippen molar-refractivity contribution in [2.24, 2.45) is 46.3 Å². The molecule has 3 fully saturated rings. The lowest BCUT2D eigenvalue weighted by molar-refractivity contribution is -0.145. The van der Waals surface area contributed by atoms with Gasteiger partial charge in [-0.1, -0.05) is 52.2 Å². The zero-order valence-electron chi connectivity index (χ0n) is 20.3. The summed E-state index contributed by atoms with van der Waals surface area (Å²) in [5.41, 5.74) is 1.96. The van der Waals surface area contributed by atoms with E-state index in [0.29, 0.717) is 11.3 Å². The van der Waals surface area contributed by atoms with E-state index in [-0.39, 0.29) is 23.1 Å². The zero-order chi connectivity index (χ0) is 22.4. The largest absolute Gasteiger partial charge is 0.469 e. The lowest BCUT2D eigenvalue weighted by Gasteiger charge is -2.57. The third kappa shape index (κ3) is 3.85. The minimum atomic E-state index is -0.0726. The van der Waals surface area contributed by atoms with Crippen molar-refractivity contribution in [3.8, 4) is 0 Å². The van der Waals surface area contributed by atoms with Gasteiger partial charge in [-0.25, -0.2) is 0 Å². The highest BCUT2D eigenvalue weighted by Crippen LogP contribution is 2.67. The topological polar surface area (TPSA) is 43.4 Å². The Hall–Kier alpha value is -1.38. The molecule has 0 radical (unpaired) electrons. The predicted octanol–water partition coefficient (Wildman–Crippen LogP) is 6.53. The number of carbonyl (C=O) groups is 2. The van der Waals surface area contributed by atoms with E-state index in [9.17, 15) is 9.59 Å². The average molecular weight is 427 g/mol. The Morgan fingerprint density at radius 3 is 2.65 bits per heavy atom. The molecule has 0 aliphatic heterocycles. The van der Waals surface area contributed by atoms with Crippen LogP contribution in [0.2, 0.25) is 0 Å². The highest BCUT2D eigenvalue weighted by atomic mass is 16.5. The van der Waals surface area contributed by atoms with Gasteiger partial charge >= 0.3 is 5.97 Å². The molecule has 4 rings (SSSR count). The van der Waals surface area contributed by atoms with Gasteiger partial charge in [0, 0.05) is 5.41 Å². The Morgan fingerprint density at radius 1 is 1.13 bits per heavy atom. The molecule has 0 unspecified atom stereocenters. The number of methoxy groups -OCH3 is 1. The second-order valence-corrected chi connectivity index (χ2v) is 11.7. The molecule has 0 saturated heterocycles. The first-order valence-electron chi connectivity index (χ1n) is 12.7. The van der Waals surface area contributed by atoms with E-state index in [0.717, 1.165) is 42.9 Å². The Morgan fingerprint density at radius 2 is 1.90 bits per heavy atom. The summed E-state index contributed by atoms with van der Waals surface area (Å²) in [4.78, 5) is 23.7. The van der Waals surface area contributed by atoms with E-state index in [2.05, 4.69) is 26.8 Å². The van der Waals surface area contributed by atoms with Gasteiger partial charge in [-0.15, -0.1) is 0 Å². The number of rotatable bonds is 6. The van der Waals surface area contributed by atoms with Gasteiger partial charge in [0.25, 0.3) is 0 Å². The van der Waals surface area contributed by atoms with Gasteiger partial charge in [0.05, 0.1) is 13.0 Å². The van der Waals surface area contributed by atoms with E-state index in [4.69, 9.17) is 4.74 Å². The summed E-state index contributed by atoms with van der Waals surface area (Å²) in [6, 6.07) is 0. The first kappa shape index (κ1) is 22.8. The average Bonchev–Trinajstić information content (AvgIpc) is 3.10. The van der Waals surface area contributed by atoms with Crippen LogP contribution in [-0.4, -0.2) is 18.9 Å². The summed E-state index contributed by atoms with van der Waals surface area (Å²) in [6.45, 7) is 9.46. The van der Waals surface area contributed by atoms with Crippen molar-refractivity contribution in [3.05, 3.63) is 23.8 Å². The molecule has 4 aliphatic carbocycles. The molecular formula is C28H42O3. The lowest BCUT2D eigenvalue weighted by Crippen LogP contribution is -2.50. The monoisotopic (exact) mass is 426 g/mol. The minimum Gasteiger partial charge on any atom is -0.469 e. The zero-order valence-corrected chi connectivity index (χ0v) is 20.3.